The predicted octanol–water partition coefficient (Wildman–Crippen LogP) is 0.950. The van der Waals surface area contributed by atoms with Gasteiger partial charge < -0.3 is 14.7 Å². The van der Waals surface area contributed by atoms with Gasteiger partial charge in [0.15, 0.2) is 5.76 Å². The van der Waals surface area contributed by atoms with Gasteiger partial charge in [-0.2, -0.15) is 0 Å². The molecule has 24 heavy (non-hydrogen) atoms. The average molecular weight is 322 g/mol. The highest BCUT2D eigenvalue weighted by atomic mass is 16.5. The summed E-state index contributed by atoms with van der Waals surface area (Å²) in [6, 6.07) is 6.68. The number of nitrogens with one attached hydrogen (secondary N) is 1. The van der Waals surface area contributed by atoms with E-state index in [0.29, 0.717) is 23.4 Å². The highest BCUT2D eigenvalue weighted by Crippen LogP contribution is 2.38. The molecule has 0 aliphatic carbocycles. The summed E-state index contributed by atoms with van der Waals surface area (Å²) in [7, 11) is 0. The summed E-state index contributed by atoms with van der Waals surface area (Å²) in [4.78, 5) is 17.9. The van der Waals surface area contributed by atoms with E-state index in [1.807, 2.05) is 0 Å². The molecule has 1 aromatic heterocycles. The van der Waals surface area contributed by atoms with Gasteiger partial charge in [-0.3, -0.25) is 9.78 Å². The number of carbonyl (C=O) groups is 1. The Hall–Kier alpha value is -2.66. The number of aromatic nitrogens is 1. The molecule has 1 aromatic carbocycles. The van der Waals surface area contributed by atoms with Crippen LogP contribution in [-0.4, -0.2) is 23.9 Å². The molecule has 2 aliphatic heterocycles. The lowest BCUT2D eigenvalue weighted by molar-refractivity contribution is -0.901. The van der Waals surface area contributed by atoms with E-state index in [9.17, 15) is 9.90 Å². The topological polar surface area (TPSA) is 66.7 Å². The van der Waals surface area contributed by atoms with Crippen molar-refractivity contribution in [3.05, 3.63) is 59.1 Å². The van der Waals surface area contributed by atoms with Crippen LogP contribution in [0.15, 0.2) is 42.4 Å². The number of hydrogen-bond acceptors (Lipinski definition) is 4. The normalized spacial score (nSPS) is 18.8. The van der Waals surface area contributed by atoms with Gasteiger partial charge in [0, 0.05) is 30.8 Å². The number of nitrogens with zero attached hydrogens (tertiary/aromatic N) is 1. The van der Waals surface area contributed by atoms with Gasteiger partial charge in [-0.15, -0.1) is 0 Å². The van der Waals surface area contributed by atoms with E-state index in [4.69, 9.17) is 4.74 Å². The molecule has 0 atom stereocenters. The molecule has 0 saturated carbocycles. The summed E-state index contributed by atoms with van der Waals surface area (Å²) in [6.45, 7) is 2.76. The fourth-order valence-corrected chi connectivity index (χ4v) is 3.37. The molecular weight excluding hydrogens is 304 g/mol. The molecule has 122 valence electrons. The van der Waals surface area contributed by atoms with Crippen molar-refractivity contribution >= 4 is 11.9 Å². The molecule has 5 nitrogen and oxygen atoms in total. The number of allylic oxidation sites excluding steroid dienone is 1. The van der Waals surface area contributed by atoms with Gasteiger partial charge in [0.25, 0.3) is 0 Å². The highest BCUT2D eigenvalue weighted by molar-refractivity contribution is 6.14. The molecule has 1 fully saturated rings. The minimum Gasteiger partial charge on any atom is -0.872 e. The molecular formula is C19H18N2O3. The molecule has 5 heteroatoms. The number of ketones is 1. The summed E-state index contributed by atoms with van der Waals surface area (Å²) in [5, 5.41) is 12.3. The standard InChI is InChI=1S/C19H18N2O3/c22-16-4-3-14-18(23)17(11-13-5-7-20-8-6-13)24-19(14)15(16)12-21-9-1-2-10-21/h3-8,11,22H,1-2,9-10,12H2/b17-11-. The van der Waals surface area contributed by atoms with Crippen molar-refractivity contribution in [3.63, 3.8) is 0 Å². The number of quaternary nitrogens is 1. The van der Waals surface area contributed by atoms with Crippen LogP contribution < -0.4 is 14.7 Å². The Kier molecular flexibility index (Phi) is 3.78. The van der Waals surface area contributed by atoms with Gasteiger partial charge in [-0.05, 0) is 29.8 Å². The third-order valence-corrected chi connectivity index (χ3v) is 4.64. The minimum atomic E-state index is -0.167. The zero-order valence-corrected chi connectivity index (χ0v) is 13.2. The fourth-order valence-electron chi connectivity index (χ4n) is 3.37. The fraction of sp³-hybridized carbons (Fsp3) is 0.263. The Labute approximate surface area is 140 Å². The first kappa shape index (κ1) is 14.9. The van der Waals surface area contributed by atoms with Crippen LogP contribution in [0.25, 0.3) is 6.08 Å². The number of likely N-dealkylation sites (tertiary alicyclic amines) is 1. The number of benzene rings is 1. The number of ether oxygens (including phenoxy) is 1. The minimum absolute atomic E-state index is 0.0499. The molecule has 0 bridgehead atoms. The van der Waals surface area contributed by atoms with Crippen LogP contribution in [0.5, 0.6) is 11.5 Å². The van der Waals surface area contributed by atoms with Gasteiger partial charge in [-0.1, -0.05) is 11.8 Å². The number of carbonyl (C=O) groups excluding carboxylic acids is 1. The number of rotatable bonds is 3. The van der Waals surface area contributed by atoms with Gasteiger partial charge in [-0.25, -0.2) is 0 Å². The number of Topliss-reactive ketones (excluding diaryl/α,β-unsaturated/α-hetero) is 1. The zero-order chi connectivity index (χ0) is 16.5. The molecule has 1 N–H and O–H groups in total. The highest BCUT2D eigenvalue weighted by Gasteiger charge is 2.31. The van der Waals surface area contributed by atoms with E-state index in [0.717, 1.165) is 18.7 Å². The largest absolute Gasteiger partial charge is 0.872 e. The number of hydrogen-bond donors (Lipinski definition) is 1. The van der Waals surface area contributed by atoms with Crippen LogP contribution in [0.1, 0.15) is 34.3 Å². The van der Waals surface area contributed by atoms with Gasteiger partial charge in [0.2, 0.25) is 5.78 Å². The summed E-state index contributed by atoms with van der Waals surface area (Å²) in [6.07, 6.45) is 7.39. The Morgan fingerprint density at radius 3 is 2.67 bits per heavy atom. The van der Waals surface area contributed by atoms with E-state index in [2.05, 4.69) is 4.98 Å². The summed E-state index contributed by atoms with van der Waals surface area (Å²) < 4.78 is 5.82. The molecule has 0 spiro atoms. The van der Waals surface area contributed by atoms with Crippen molar-refractivity contribution in [2.24, 2.45) is 0 Å². The summed E-state index contributed by atoms with van der Waals surface area (Å²) in [5.41, 5.74) is 1.95. The van der Waals surface area contributed by atoms with E-state index >= 15 is 0 Å². The van der Waals surface area contributed by atoms with Crippen molar-refractivity contribution in [3.8, 4) is 11.5 Å². The van der Waals surface area contributed by atoms with Crippen molar-refractivity contribution in [2.75, 3.05) is 13.1 Å². The summed E-state index contributed by atoms with van der Waals surface area (Å²) >= 11 is 0. The van der Waals surface area contributed by atoms with E-state index in [-0.39, 0.29) is 17.3 Å². The Balaban J connectivity index is 1.68. The molecule has 4 rings (SSSR count). The molecule has 0 radical (unpaired) electrons. The van der Waals surface area contributed by atoms with Crippen LogP contribution in [0.2, 0.25) is 0 Å². The maximum absolute atomic E-state index is 12.6. The average Bonchev–Trinajstić information content (AvgIpc) is 3.21. The Bertz CT molecular complexity index is 809. The first-order chi connectivity index (χ1) is 11.7. The first-order valence-electron chi connectivity index (χ1n) is 8.23. The van der Waals surface area contributed by atoms with Crippen LogP contribution in [0.4, 0.5) is 0 Å². The van der Waals surface area contributed by atoms with Gasteiger partial charge in [0.05, 0.1) is 18.7 Å². The second kappa shape index (κ2) is 6.09. The van der Waals surface area contributed by atoms with Gasteiger partial charge in [0.1, 0.15) is 12.3 Å². The van der Waals surface area contributed by atoms with E-state index < -0.39 is 0 Å². The quantitative estimate of drug-likeness (QED) is 0.855. The molecule has 0 unspecified atom stereocenters. The lowest BCUT2D eigenvalue weighted by Gasteiger charge is -2.19. The van der Waals surface area contributed by atoms with Crippen molar-refractivity contribution in [1.82, 2.24) is 4.98 Å². The maximum Gasteiger partial charge on any atom is 0.231 e. The predicted molar refractivity (Wildman–Crippen MR) is 86.7 cm³/mol. The summed E-state index contributed by atoms with van der Waals surface area (Å²) in [5.74, 6) is 0.497. The van der Waals surface area contributed by atoms with Crippen molar-refractivity contribution in [2.45, 2.75) is 19.4 Å². The van der Waals surface area contributed by atoms with Crippen molar-refractivity contribution < 1.29 is 19.5 Å². The second-order valence-electron chi connectivity index (χ2n) is 6.27. The lowest BCUT2D eigenvalue weighted by Crippen LogP contribution is -3.08. The third kappa shape index (κ3) is 2.67. The third-order valence-electron chi connectivity index (χ3n) is 4.64. The van der Waals surface area contributed by atoms with Crippen molar-refractivity contribution in [1.29, 1.82) is 0 Å². The molecule has 2 aliphatic rings. The zero-order valence-electron chi connectivity index (χ0n) is 13.2. The number of fused-ring (bicyclic) bond motifs is 1. The Morgan fingerprint density at radius 2 is 1.92 bits per heavy atom. The van der Waals surface area contributed by atoms with Crippen LogP contribution in [0.3, 0.4) is 0 Å². The van der Waals surface area contributed by atoms with E-state index in [1.54, 1.807) is 36.7 Å². The van der Waals surface area contributed by atoms with Crippen LogP contribution in [0, 0.1) is 0 Å². The smallest absolute Gasteiger partial charge is 0.231 e. The Morgan fingerprint density at radius 1 is 1.17 bits per heavy atom. The molecule has 2 aromatic rings. The SMILES string of the molecule is O=C1/C(=C/c2ccncc2)Oc2c1ccc([O-])c2C[NH+]1CCCC1. The first-order valence-corrected chi connectivity index (χ1v) is 8.23. The molecule has 0 amide bonds. The van der Waals surface area contributed by atoms with E-state index in [1.165, 1.54) is 23.8 Å². The van der Waals surface area contributed by atoms with Gasteiger partial charge >= 0.3 is 0 Å². The second-order valence-corrected chi connectivity index (χ2v) is 6.27. The molecule has 1 saturated heterocycles. The monoisotopic (exact) mass is 322 g/mol. The lowest BCUT2D eigenvalue weighted by atomic mass is 10.0. The number of pyridine rings is 1. The maximum atomic E-state index is 12.6. The molecule has 3 heterocycles. The van der Waals surface area contributed by atoms with Crippen LogP contribution >= 0.6 is 0 Å². The van der Waals surface area contributed by atoms with Crippen LogP contribution in [-0.2, 0) is 6.54 Å².